The number of hydrogen-bond donors (Lipinski definition) is 1. The number of furan rings is 1. The topological polar surface area (TPSA) is 34.4 Å². The Kier molecular flexibility index (Phi) is 4.47. The molecule has 16 heavy (non-hydrogen) atoms. The van der Waals surface area contributed by atoms with Gasteiger partial charge in [0.15, 0.2) is 4.67 Å². The largest absolute Gasteiger partial charge is 0.452 e. The molecule has 1 aromatic heterocycles. The Hall–Kier alpha value is 0.160. The summed E-state index contributed by atoms with van der Waals surface area (Å²) in [6, 6.07) is 2.34. The fourth-order valence-electron chi connectivity index (χ4n) is 1.87. The Morgan fingerprint density at radius 3 is 2.94 bits per heavy atom. The normalized spacial score (nSPS) is 22.6. The molecule has 90 valence electrons. The maximum Gasteiger partial charge on any atom is 0.183 e. The van der Waals surface area contributed by atoms with E-state index < -0.39 is 0 Å². The van der Waals surface area contributed by atoms with Crippen LogP contribution in [0.4, 0.5) is 0 Å². The zero-order valence-electron chi connectivity index (χ0n) is 9.13. The van der Waals surface area contributed by atoms with Crippen molar-refractivity contribution in [2.24, 2.45) is 0 Å². The van der Waals surface area contributed by atoms with E-state index in [9.17, 15) is 0 Å². The van der Waals surface area contributed by atoms with Crippen molar-refractivity contribution in [3.05, 3.63) is 21.0 Å². The molecule has 5 heteroatoms. The molecule has 2 unspecified atom stereocenters. The van der Waals surface area contributed by atoms with Crippen LogP contribution >= 0.6 is 31.9 Å². The molecule has 1 aliphatic heterocycles. The second kappa shape index (κ2) is 5.67. The Balaban J connectivity index is 1.82. The second-order valence-corrected chi connectivity index (χ2v) is 5.63. The third-order valence-electron chi connectivity index (χ3n) is 2.82. The van der Waals surface area contributed by atoms with E-state index in [2.05, 4.69) is 44.1 Å². The van der Waals surface area contributed by atoms with Crippen molar-refractivity contribution in [3.63, 3.8) is 0 Å². The highest BCUT2D eigenvalue weighted by Gasteiger charge is 2.22. The van der Waals surface area contributed by atoms with Crippen molar-refractivity contribution < 1.29 is 9.15 Å². The van der Waals surface area contributed by atoms with Crippen LogP contribution in [0.2, 0.25) is 0 Å². The maximum absolute atomic E-state index is 5.62. The fraction of sp³-hybridized carbons (Fsp3) is 0.636. The number of nitrogens with one attached hydrogen (secondary N) is 1. The van der Waals surface area contributed by atoms with Gasteiger partial charge in [-0.3, -0.25) is 0 Å². The van der Waals surface area contributed by atoms with Crippen LogP contribution in [0.1, 0.15) is 25.5 Å². The molecule has 0 bridgehead atoms. The smallest absolute Gasteiger partial charge is 0.183 e. The summed E-state index contributed by atoms with van der Waals surface area (Å²) in [5, 5.41) is 3.42. The summed E-state index contributed by atoms with van der Waals surface area (Å²) < 4.78 is 12.8. The Labute approximate surface area is 112 Å². The molecule has 0 amide bonds. The van der Waals surface area contributed by atoms with Crippen LogP contribution in [0.5, 0.6) is 0 Å². The van der Waals surface area contributed by atoms with E-state index in [4.69, 9.17) is 9.15 Å². The number of ether oxygens (including phenoxy) is 1. The lowest BCUT2D eigenvalue weighted by Crippen LogP contribution is -2.36. The number of halogens is 2. The van der Waals surface area contributed by atoms with Gasteiger partial charge in [0, 0.05) is 12.6 Å². The molecule has 1 saturated heterocycles. The lowest BCUT2D eigenvalue weighted by atomic mass is 10.1. The maximum atomic E-state index is 5.62. The highest BCUT2D eigenvalue weighted by Crippen LogP contribution is 2.26. The highest BCUT2D eigenvalue weighted by molar-refractivity contribution is 9.13. The lowest BCUT2D eigenvalue weighted by Gasteiger charge is -2.19. The summed E-state index contributed by atoms with van der Waals surface area (Å²) >= 11 is 6.72. The molecule has 0 spiro atoms. The molecule has 2 atom stereocenters. The van der Waals surface area contributed by atoms with Crippen LogP contribution in [0, 0.1) is 0 Å². The Bertz CT molecular complexity index is 328. The van der Waals surface area contributed by atoms with Crippen LogP contribution in [0.3, 0.4) is 0 Å². The monoisotopic (exact) mass is 351 g/mol. The summed E-state index contributed by atoms with van der Waals surface area (Å²) in [6.07, 6.45) is 2.68. The number of rotatable bonds is 4. The van der Waals surface area contributed by atoms with Crippen LogP contribution < -0.4 is 5.32 Å². The predicted octanol–water partition coefficient (Wildman–Crippen LogP) is 3.46. The molecule has 1 fully saturated rings. The first kappa shape index (κ1) is 12.6. The minimum absolute atomic E-state index is 0.349. The SMILES string of the molecule is CC(NCc1cc(Br)c(Br)o1)C1CCCO1. The lowest BCUT2D eigenvalue weighted by molar-refractivity contribution is 0.0825. The molecule has 1 aromatic rings. The Morgan fingerprint density at radius 2 is 2.38 bits per heavy atom. The van der Waals surface area contributed by atoms with Crippen molar-refractivity contribution in [2.45, 2.75) is 38.5 Å². The summed E-state index contributed by atoms with van der Waals surface area (Å²) in [6.45, 7) is 3.78. The van der Waals surface area contributed by atoms with E-state index >= 15 is 0 Å². The zero-order chi connectivity index (χ0) is 11.5. The quantitative estimate of drug-likeness (QED) is 0.901. The molecule has 3 nitrogen and oxygen atoms in total. The van der Waals surface area contributed by atoms with Gasteiger partial charge in [0.2, 0.25) is 0 Å². The predicted molar refractivity (Wildman–Crippen MR) is 69.4 cm³/mol. The molecule has 0 saturated carbocycles. The minimum atomic E-state index is 0.349. The van der Waals surface area contributed by atoms with Gasteiger partial charge in [0.25, 0.3) is 0 Å². The average molecular weight is 353 g/mol. The molecule has 0 aliphatic carbocycles. The highest BCUT2D eigenvalue weighted by atomic mass is 79.9. The number of hydrogen-bond acceptors (Lipinski definition) is 3. The van der Waals surface area contributed by atoms with Crippen LogP contribution in [0.25, 0.3) is 0 Å². The third kappa shape index (κ3) is 3.09. The van der Waals surface area contributed by atoms with Gasteiger partial charge in [-0.25, -0.2) is 0 Å². The van der Waals surface area contributed by atoms with E-state index in [1.165, 1.54) is 6.42 Å². The zero-order valence-corrected chi connectivity index (χ0v) is 12.3. The van der Waals surface area contributed by atoms with Crippen molar-refractivity contribution >= 4 is 31.9 Å². The van der Waals surface area contributed by atoms with E-state index in [1.807, 2.05) is 6.07 Å². The average Bonchev–Trinajstić information content (AvgIpc) is 2.86. The van der Waals surface area contributed by atoms with Gasteiger partial charge >= 0.3 is 0 Å². The van der Waals surface area contributed by atoms with Crippen molar-refractivity contribution in [3.8, 4) is 0 Å². The first-order valence-corrected chi connectivity index (χ1v) is 7.04. The van der Waals surface area contributed by atoms with Gasteiger partial charge in [-0.1, -0.05) is 0 Å². The fourth-order valence-corrected chi connectivity index (χ4v) is 2.53. The molecule has 1 N–H and O–H groups in total. The van der Waals surface area contributed by atoms with Gasteiger partial charge in [0.05, 0.1) is 17.1 Å². The van der Waals surface area contributed by atoms with Gasteiger partial charge in [-0.05, 0) is 57.7 Å². The van der Waals surface area contributed by atoms with E-state index in [0.717, 1.165) is 34.5 Å². The summed E-state index contributed by atoms with van der Waals surface area (Å²) in [4.78, 5) is 0. The van der Waals surface area contributed by atoms with Crippen LogP contribution in [-0.4, -0.2) is 18.8 Å². The van der Waals surface area contributed by atoms with Crippen molar-refractivity contribution in [1.29, 1.82) is 0 Å². The first-order valence-electron chi connectivity index (χ1n) is 5.45. The summed E-state index contributed by atoms with van der Waals surface area (Å²) in [5.74, 6) is 0.920. The second-order valence-electron chi connectivity index (χ2n) is 4.06. The minimum Gasteiger partial charge on any atom is -0.452 e. The van der Waals surface area contributed by atoms with E-state index in [1.54, 1.807) is 0 Å². The van der Waals surface area contributed by atoms with Crippen LogP contribution in [0.15, 0.2) is 19.6 Å². The molecule has 2 rings (SSSR count). The van der Waals surface area contributed by atoms with Crippen LogP contribution in [-0.2, 0) is 11.3 Å². The summed E-state index contributed by atoms with van der Waals surface area (Å²) in [5.41, 5.74) is 0. The summed E-state index contributed by atoms with van der Waals surface area (Å²) in [7, 11) is 0. The van der Waals surface area contributed by atoms with Gasteiger partial charge in [0.1, 0.15) is 5.76 Å². The van der Waals surface area contributed by atoms with E-state index in [0.29, 0.717) is 12.1 Å². The molecular formula is C11H15Br2NO2. The molecule has 2 heterocycles. The van der Waals surface area contributed by atoms with E-state index in [-0.39, 0.29) is 0 Å². The standard InChI is InChI=1S/C11H15Br2NO2/c1-7(10-3-2-4-15-10)14-6-8-5-9(12)11(13)16-8/h5,7,10,14H,2-4,6H2,1H3. The third-order valence-corrected chi connectivity index (χ3v) is 4.53. The van der Waals surface area contributed by atoms with Gasteiger partial charge < -0.3 is 14.5 Å². The van der Waals surface area contributed by atoms with Crippen molar-refractivity contribution in [2.75, 3.05) is 6.61 Å². The molecule has 1 aliphatic rings. The van der Waals surface area contributed by atoms with Crippen molar-refractivity contribution in [1.82, 2.24) is 5.32 Å². The van der Waals surface area contributed by atoms with Gasteiger partial charge in [-0.15, -0.1) is 0 Å². The Morgan fingerprint density at radius 1 is 1.56 bits per heavy atom. The molecular weight excluding hydrogens is 338 g/mol. The van der Waals surface area contributed by atoms with Gasteiger partial charge in [-0.2, -0.15) is 0 Å². The molecule has 0 radical (unpaired) electrons. The first-order chi connectivity index (χ1) is 7.66. The molecule has 0 aromatic carbocycles.